The van der Waals surface area contributed by atoms with E-state index in [2.05, 4.69) is 0 Å². The van der Waals surface area contributed by atoms with Crippen LogP contribution < -0.4 is 0 Å². The van der Waals surface area contributed by atoms with Gasteiger partial charge in [0.25, 0.3) is 0 Å². The van der Waals surface area contributed by atoms with Crippen molar-refractivity contribution in [2.24, 2.45) is 0 Å². The van der Waals surface area contributed by atoms with Gasteiger partial charge < -0.3 is 23.8 Å². The first-order valence-electron chi connectivity index (χ1n) is 12.6. The molecular weight excluding hydrogens is 519 g/mol. The molecule has 0 aliphatic carbocycles. The lowest BCUT2D eigenvalue weighted by Crippen LogP contribution is -2.47. The average molecular weight is 551 g/mol. The SMILES string of the molecule is O=[PH]1OC(c2sccc2COCc2ccccc2)C(OCc2ccccc2)C(OCc2ccccc2)C1O. The summed E-state index contributed by atoms with van der Waals surface area (Å²) >= 11 is 1.50. The van der Waals surface area contributed by atoms with Crippen molar-refractivity contribution in [1.29, 1.82) is 0 Å². The number of thiophene rings is 1. The highest BCUT2D eigenvalue weighted by atomic mass is 32.1. The third-order valence-electron chi connectivity index (χ3n) is 6.40. The molecule has 1 aliphatic rings. The van der Waals surface area contributed by atoms with E-state index in [4.69, 9.17) is 18.7 Å². The van der Waals surface area contributed by atoms with Crippen molar-refractivity contribution in [1.82, 2.24) is 0 Å². The quantitative estimate of drug-likeness (QED) is 0.215. The molecule has 6 nitrogen and oxygen atoms in total. The van der Waals surface area contributed by atoms with Crippen LogP contribution in [0.2, 0.25) is 0 Å². The third-order valence-corrected chi connectivity index (χ3v) is 8.72. The number of ether oxygens (including phenoxy) is 3. The zero-order chi connectivity index (χ0) is 26.2. The predicted molar refractivity (Wildman–Crippen MR) is 148 cm³/mol. The second-order valence-electron chi connectivity index (χ2n) is 9.11. The molecule has 4 aromatic rings. The van der Waals surface area contributed by atoms with Gasteiger partial charge in [-0.05, 0) is 33.7 Å². The number of rotatable bonds is 11. The molecule has 0 saturated carbocycles. The third kappa shape index (κ3) is 6.87. The Morgan fingerprint density at radius 3 is 1.82 bits per heavy atom. The van der Waals surface area contributed by atoms with Crippen LogP contribution in [-0.2, 0) is 49.7 Å². The van der Waals surface area contributed by atoms with Gasteiger partial charge in [0.1, 0.15) is 18.3 Å². The summed E-state index contributed by atoms with van der Waals surface area (Å²) in [4.78, 5) is 0.870. The minimum Gasteiger partial charge on any atom is -0.380 e. The van der Waals surface area contributed by atoms with Crippen molar-refractivity contribution >= 4 is 19.4 Å². The lowest BCUT2D eigenvalue weighted by molar-refractivity contribution is -0.163. The monoisotopic (exact) mass is 550 g/mol. The van der Waals surface area contributed by atoms with Gasteiger partial charge in [0, 0.05) is 4.88 Å². The molecule has 3 aromatic carbocycles. The Kier molecular flexibility index (Phi) is 9.55. The maximum atomic E-state index is 13.0. The van der Waals surface area contributed by atoms with Gasteiger partial charge in [-0.25, -0.2) is 0 Å². The molecule has 1 aromatic heterocycles. The topological polar surface area (TPSA) is 74.2 Å². The van der Waals surface area contributed by atoms with Crippen molar-refractivity contribution < 1.29 is 28.4 Å². The maximum Gasteiger partial charge on any atom is 0.222 e. The first-order valence-corrected chi connectivity index (χ1v) is 14.8. The number of aliphatic hydroxyl groups excluding tert-OH is 1. The summed E-state index contributed by atoms with van der Waals surface area (Å²) in [6.45, 7) is 1.41. The summed E-state index contributed by atoms with van der Waals surface area (Å²) in [5.41, 5.74) is 3.97. The molecule has 1 fully saturated rings. The molecule has 1 saturated heterocycles. The van der Waals surface area contributed by atoms with E-state index in [0.29, 0.717) is 19.8 Å². The number of hydrogen-bond acceptors (Lipinski definition) is 7. The number of benzene rings is 3. The van der Waals surface area contributed by atoms with Gasteiger partial charge in [-0.1, -0.05) is 91.0 Å². The van der Waals surface area contributed by atoms with Crippen LogP contribution in [0.3, 0.4) is 0 Å². The highest BCUT2D eigenvalue weighted by molar-refractivity contribution is 7.39. The van der Waals surface area contributed by atoms with E-state index in [1.807, 2.05) is 102 Å². The van der Waals surface area contributed by atoms with Crippen LogP contribution in [0, 0.1) is 0 Å². The van der Waals surface area contributed by atoms with E-state index < -0.39 is 32.2 Å². The van der Waals surface area contributed by atoms with E-state index in [-0.39, 0.29) is 6.61 Å². The van der Waals surface area contributed by atoms with Crippen molar-refractivity contribution in [2.45, 2.75) is 50.6 Å². The minimum absolute atomic E-state index is 0.257. The fourth-order valence-corrected chi connectivity index (χ4v) is 6.68. The summed E-state index contributed by atoms with van der Waals surface area (Å²) in [6.07, 6.45) is -2.17. The van der Waals surface area contributed by atoms with Crippen molar-refractivity contribution in [3.8, 4) is 0 Å². The van der Waals surface area contributed by atoms with Crippen LogP contribution in [0.4, 0.5) is 0 Å². The zero-order valence-corrected chi connectivity index (χ0v) is 22.7. The standard InChI is InChI=1S/C30H31O6PS/c31-30-28(35-20-24-14-8-3-9-15-24)26(34-19-23-12-6-2-7-13-23)27(36-37(30)32)29-25(16-17-38-29)21-33-18-22-10-4-1-5-11-22/h1-17,26-28,30-31,37H,18-21H2. The summed E-state index contributed by atoms with van der Waals surface area (Å²) in [5.74, 6) is -1.28. The first-order chi connectivity index (χ1) is 18.7. The number of hydrogen-bond donors (Lipinski definition) is 1. The Labute approximate surface area is 227 Å². The second-order valence-corrected chi connectivity index (χ2v) is 11.5. The molecule has 38 heavy (non-hydrogen) atoms. The molecule has 1 N–H and O–H groups in total. The van der Waals surface area contributed by atoms with Gasteiger partial charge in [-0.3, -0.25) is 4.57 Å². The van der Waals surface area contributed by atoms with Gasteiger partial charge in [0.05, 0.1) is 26.4 Å². The minimum atomic E-state index is -2.82. The van der Waals surface area contributed by atoms with Crippen molar-refractivity contribution in [3.63, 3.8) is 0 Å². The van der Waals surface area contributed by atoms with Crippen LogP contribution in [0.5, 0.6) is 0 Å². The van der Waals surface area contributed by atoms with Gasteiger partial charge in [0.15, 0.2) is 5.85 Å². The van der Waals surface area contributed by atoms with Gasteiger partial charge in [0.2, 0.25) is 8.03 Å². The Balaban J connectivity index is 1.37. The zero-order valence-electron chi connectivity index (χ0n) is 20.8. The highest BCUT2D eigenvalue weighted by Crippen LogP contribution is 2.49. The molecule has 2 heterocycles. The summed E-state index contributed by atoms with van der Waals surface area (Å²) in [6, 6.07) is 31.5. The van der Waals surface area contributed by atoms with Crippen LogP contribution in [0.1, 0.15) is 33.2 Å². The lowest BCUT2D eigenvalue weighted by atomic mass is 10.0. The fraction of sp³-hybridized carbons (Fsp3) is 0.267. The maximum absolute atomic E-state index is 13.0. The second kappa shape index (κ2) is 13.5. The molecular formula is C30H31O6PS. The Hall–Kier alpha value is -2.61. The molecule has 5 unspecified atom stereocenters. The molecule has 0 spiro atoms. The summed E-state index contributed by atoms with van der Waals surface area (Å²) in [5, 5.41) is 12.9. The number of aliphatic hydroxyl groups is 1. The van der Waals surface area contributed by atoms with E-state index in [1.165, 1.54) is 11.3 Å². The molecule has 0 bridgehead atoms. The van der Waals surface area contributed by atoms with Gasteiger partial charge in [-0.2, -0.15) is 0 Å². The average Bonchev–Trinajstić information content (AvgIpc) is 3.43. The first kappa shape index (κ1) is 27.0. The lowest BCUT2D eigenvalue weighted by Gasteiger charge is -2.40. The highest BCUT2D eigenvalue weighted by Gasteiger charge is 2.47. The van der Waals surface area contributed by atoms with E-state index >= 15 is 0 Å². The molecule has 0 radical (unpaired) electrons. The normalized spacial score (nSPS) is 23.3. The Morgan fingerprint density at radius 2 is 1.24 bits per heavy atom. The smallest absolute Gasteiger partial charge is 0.222 e. The molecule has 5 rings (SSSR count). The van der Waals surface area contributed by atoms with Crippen LogP contribution >= 0.6 is 19.4 Å². The predicted octanol–water partition coefficient (Wildman–Crippen LogP) is 6.50. The van der Waals surface area contributed by atoms with Gasteiger partial charge in [-0.15, -0.1) is 11.3 Å². The van der Waals surface area contributed by atoms with Crippen LogP contribution in [-0.4, -0.2) is 23.2 Å². The van der Waals surface area contributed by atoms with Crippen molar-refractivity contribution in [3.05, 3.63) is 130 Å². The van der Waals surface area contributed by atoms with Crippen LogP contribution in [0.25, 0.3) is 0 Å². The fourth-order valence-electron chi connectivity index (χ4n) is 4.42. The molecule has 8 heteroatoms. The Morgan fingerprint density at radius 1 is 0.711 bits per heavy atom. The van der Waals surface area contributed by atoms with E-state index in [9.17, 15) is 9.67 Å². The molecule has 198 valence electrons. The van der Waals surface area contributed by atoms with E-state index in [1.54, 1.807) is 0 Å². The largest absolute Gasteiger partial charge is 0.380 e. The molecule has 5 atom stereocenters. The summed E-state index contributed by atoms with van der Waals surface area (Å²) < 4.78 is 37.6. The van der Waals surface area contributed by atoms with Gasteiger partial charge >= 0.3 is 0 Å². The Bertz CT molecular complexity index is 1280. The van der Waals surface area contributed by atoms with E-state index in [0.717, 1.165) is 27.1 Å². The molecule has 1 aliphatic heterocycles. The summed E-state index contributed by atoms with van der Waals surface area (Å²) in [7, 11) is -2.82. The van der Waals surface area contributed by atoms with Crippen molar-refractivity contribution in [2.75, 3.05) is 0 Å². The van der Waals surface area contributed by atoms with Crippen LogP contribution in [0.15, 0.2) is 102 Å². The molecule has 0 amide bonds.